The van der Waals surface area contributed by atoms with Crippen molar-refractivity contribution in [3.8, 4) is 0 Å². The molecule has 1 fully saturated rings. The molecule has 1 amide bonds. The predicted molar refractivity (Wildman–Crippen MR) is 67.9 cm³/mol. The first-order chi connectivity index (χ1) is 8.49. The zero-order valence-electron chi connectivity index (χ0n) is 10.5. The van der Waals surface area contributed by atoms with Crippen LogP contribution in [-0.2, 0) is 4.79 Å². The summed E-state index contributed by atoms with van der Waals surface area (Å²) in [5.41, 5.74) is 0.736. The van der Waals surface area contributed by atoms with Gasteiger partial charge in [0.15, 0.2) is 0 Å². The predicted octanol–water partition coefficient (Wildman–Crippen LogP) is 1.70. The lowest BCUT2D eigenvalue weighted by Gasteiger charge is -2.30. The highest BCUT2D eigenvalue weighted by molar-refractivity contribution is 7.13. The number of aliphatic carboxylic acids is 1. The summed E-state index contributed by atoms with van der Waals surface area (Å²) in [6.07, 6.45) is 1.40. The molecule has 0 saturated carbocycles. The molecule has 98 valence electrons. The van der Waals surface area contributed by atoms with E-state index in [1.165, 1.54) is 11.3 Å². The molecule has 0 aliphatic carbocycles. The standard InChI is InChI=1S/C12H16N2O3S/c1-7-10(18-8(2)13-7)11(15)14-5-3-4-9(6-14)12(16)17/h9H,3-6H2,1-2H3,(H,16,17)/t9-/m0/s1. The Morgan fingerprint density at radius 3 is 2.72 bits per heavy atom. The second-order valence-corrected chi connectivity index (χ2v) is 5.78. The lowest BCUT2D eigenvalue weighted by Crippen LogP contribution is -2.42. The third-order valence-corrected chi connectivity index (χ3v) is 4.22. The number of hydrogen-bond acceptors (Lipinski definition) is 4. The molecule has 0 aromatic carbocycles. The molecule has 1 atom stereocenters. The van der Waals surface area contributed by atoms with Crippen LogP contribution in [0.1, 0.15) is 33.2 Å². The van der Waals surface area contributed by atoms with Gasteiger partial charge in [-0.05, 0) is 26.7 Å². The van der Waals surface area contributed by atoms with E-state index in [0.717, 1.165) is 17.1 Å². The van der Waals surface area contributed by atoms with Crippen molar-refractivity contribution in [2.24, 2.45) is 5.92 Å². The van der Waals surface area contributed by atoms with E-state index in [4.69, 9.17) is 5.11 Å². The maximum Gasteiger partial charge on any atom is 0.308 e. The highest BCUT2D eigenvalue weighted by atomic mass is 32.1. The highest BCUT2D eigenvalue weighted by Crippen LogP contribution is 2.23. The minimum absolute atomic E-state index is 0.0796. The van der Waals surface area contributed by atoms with E-state index in [9.17, 15) is 9.59 Å². The van der Waals surface area contributed by atoms with Gasteiger partial charge in [0.2, 0.25) is 0 Å². The molecule has 1 aromatic rings. The first-order valence-electron chi connectivity index (χ1n) is 5.95. The summed E-state index contributed by atoms with van der Waals surface area (Å²) in [5.74, 6) is -1.33. The number of aromatic nitrogens is 1. The molecule has 1 aliphatic heterocycles. The Balaban J connectivity index is 2.14. The molecule has 0 radical (unpaired) electrons. The van der Waals surface area contributed by atoms with Gasteiger partial charge in [0.05, 0.1) is 16.6 Å². The maximum absolute atomic E-state index is 12.3. The van der Waals surface area contributed by atoms with Crippen molar-refractivity contribution >= 4 is 23.2 Å². The van der Waals surface area contributed by atoms with Crippen molar-refractivity contribution in [3.63, 3.8) is 0 Å². The van der Waals surface area contributed by atoms with Crippen LogP contribution < -0.4 is 0 Å². The first kappa shape index (κ1) is 13.0. The molecule has 1 aliphatic rings. The van der Waals surface area contributed by atoms with Gasteiger partial charge in [-0.2, -0.15) is 0 Å². The molecular weight excluding hydrogens is 252 g/mol. The molecule has 1 saturated heterocycles. The molecule has 6 heteroatoms. The summed E-state index contributed by atoms with van der Waals surface area (Å²) < 4.78 is 0. The zero-order valence-corrected chi connectivity index (χ0v) is 11.3. The maximum atomic E-state index is 12.3. The Kier molecular flexibility index (Phi) is 3.65. The number of amides is 1. The second kappa shape index (κ2) is 5.06. The first-order valence-corrected chi connectivity index (χ1v) is 6.77. The van der Waals surface area contributed by atoms with Crippen LogP contribution in [0.3, 0.4) is 0 Å². The van der Waals surface area contributed by atoms with Gasteiger partial charge in [-0.25, -0.2) is 4.98 Å². The van der Waals surface area contributed by atoms with Gasteiger partial charge >= 0.3 is 5.97 Å². The molecule has 2 rings (SSSR count). The Bertz CT molecular complexity index is 484. The van der Waals surface area contributed by atoms with Gasteiger partial charge in [0.1, 0.15) is 4.88 Å². The summed E-state index contributed by atoms with van der Waals surface area (Å²) in [4.78, 5) is 29.8. The van der Waals surface area contributed by atoms with Gasteiger partial charge in [-0.1, -0.05) is 0 Å². The number of carboxylic acid groups (broad SMARTS) is 1. The number of hydrogen-bond donors (Lipinski definition) is 1. The van der Waals surface area contributed by atoms with E-state index >= 15 is 0 Å². The molecular formula is C12H16N2O3S. The Labute approximate surface area is 109 Å². The van der Waals surface area contributed by atoms with Crippen molar-refractivity contribution in [1.29, 1.82) is 0 Å². The van der Waals surface area contributed by atoms with E-state index in [1.54, 1.807) is 4.90 Å². The number of likely N-dealkylation sites (tertiary alicyclic amines) is 1. The topological polar surface area (TPSA) is 70.5 Å². The SMILES string of the molecule is Cc1nc(C)c(C(=O)N2CCC[C@H](C(=O)O)C2)s1. The van der Waals surface area contributed by atoms with Crippen molar-refractivity contribution in [2.45, 2.75) is 26.7 Å². The van der Waals surface area contributed by atoms with Crippen molar-refractivity contribution in [1.82, 2.24) is 9.88 Å². The van der Waals surface area contributed by atoms with Gasteiger partial charge in [-0.15, -0.1) is 11.3 Å². The second-order valence-electron chi connectivity index (χ2n) is 4.58. The van der Waals surface area contributed by atoms with Crippen molar-refractivity contribution < 1.29 is 14.7 Å². The van der Waals surface area contributed by atoms with Crippen LogP contribution in [0.15, 0.2) is 0 Å². The molecule has 0 spiro atoms. The monoisotopic (exact) mass is 268 g/mol. The summed E-state index contributed by atoms with van der Waals surface area (Å²) >= 11 is 1.38. The van der Waals surface area contributed by atoms with Gasteiger partial charge in [0.25, 0.3) is 5.91 Å². The summed E-state index contributed by atoms with van der Waals surface area (Å²) in [6.45, 7) is 4.63. The van der Waals surface area contributed by atoms with Crippen LogP contribution in [0.5, 0.6) is 0 Å². The summed E-state index contributed by atoms with van der Waals surface area (Å²) in [7, 11) is 0. The minimum atomic E-state index is -0.815. The lowest BCUT2D eigenvalue weighted by atomic mass is 9.98. The number of nitrogens with zero attached hydrogens (tertiary/aromatic N) is 2. The normalized spacial score (nSPS) is 19.9. The van der Waals surface area contributed by atoms with Crippen LogP contribution in [0.4, 0.5) is 0 Å². The fourth-order valence-corrected chi connectivity index (χ4v) is 3.12. The van der Waals surface area contributed by atoms with Gasteiger partial charge in [-0.3, -0.25) is 9.59 Å². The third-order valence-electron chi connectivity index (χ3n) is 3.16. The average Bonchev–Trinajstić information content (AvgIpc) is 2.67. The van der Waals surface area contributed by atoms with Crippen molar-refractivity contribution in [3.05, 3.63) is 15.6 Å². The third kappa shape index (κ3) is 2.53. The van der Waals surface area contributed by atoms with Crippen LogP contribution in [0.25, 0.3) is 0 Å². The fraction of sp³-hybridized carbons (Fsp3) is 0.583. The summed E-state index contributed by atoms with van der Waals surface area (Å²) in [6, 6.07) is 0. The Morgan fingerprint density at radius 1 is 1.44 bits per heavy atom. The van der Waals surface area contributed by atoms with Crippen molar-refractivity contribution in [2.75, 3.05) is 13.1 Å². The molecule has 0 unspecified atom stereocenters. The number of carbonyl (C=O) groups excluding carboxylic acids is 1. The number of carboxylic acids is 1. The van der Waals surface area contributed by atoms with E-state index in [0.29, 0.717) is 24.4 Å². The Hall–Kier alpha value is -1.43. The number of aryl methyl sites for hydroxylation is 2. The van der Waals surface area contributed by atoms with Gasteiger partial charge in [0, 0.05) is 13.1 Å². The minimum Gasteiger partial charge on any atom is -0.481 e. The number of piperidine rings is 1. The molecule has 1 N–H and O–H groups in total. The van der Waals surface area contributed by atoms with E-state index in [1.807, 2.05) is 13.8 Å². The van der Waals surface area contributed by atoms with Gasteiger partial charge < -0.3 is 10.0 Å². The quantitative estimate of drug-likeness (QED) is 0.886. The molecule has 0 bridgehead atoms. The fourth-order valence-electron chi connectivity index (χ4n) is 2.24. The molecule has 5 nitrogen and oxygen atoms in total. The largest absolute Gasteiger partial charge is 0.481 e. The van der Waals surface area contributed by atoms with E-state index < -0.39 is 11.9 Å². The van der Waals surface area contributed by atoms with Crippen LogP contribution in [0, 0.1) is 19.8 Å². The number of thiazole rings is 1. The molecule has 18 heavy (non-hydrogen) atoms. The smallest absolute Gasteiger partial charge is 0.308 e. The number of carbonyl (C=O) groups is 2. The zero-order chi connectivity index (χ0) is 13.3. The van der Waals surface area contributed by atoms with Crippen LogP contribution in [0.2, 0.25) is 0 Å². The van der Waals surface area contributed by atoms with Crippen LogP contribution >= 0.6 is 11.3 Å². The Morgan fingerprint density at radius 2 is 2.17 bits per heavy atom. The average molecular weight is 268 g/mol. The molecule has 2 heterocycles. The highest BCUT2D eigenvalue weighted by Gasteiger charge is 2.30. The van der Waals surface area contributed by atoms with E-state index in [-0.39, 0.29) is 5.91 Å². The lowest BCUT2D eigenvalue weighted by molar-refractivity contribution is -0.143. The number of rotatable bonds is 2. The summed E-state index contributed by atoms with van der Waals surface area (Å²) in [5, 5.41) is 9.88. The molecule has 1 aromatic heterocycles. The van der Waals surface area contributed by atoms with E-state index in [2.05, 4.69) is 4.98 Å². The van der Waals surface area contributed by atoms with Crippen LogP contribution in [-0.4, -0.2) is 40.0 Å².